The summed E-state index contributed by atoms with van der Waals surface area (Å²) < 4.78 is 2.12. The zero-order valence-corrected chi connectivity index (χ0v) is 18.3. The summed E-state index contributed by atoms with van der Waals surface area (Å²) >= 11 is 1.47. The lowest BCUT2D eigenvalue weighted by Gasteiger charge is -2.17. The lowest BCUT2D eigenvalue weighted by atomic mass is 10.0. The molecule has 6 heteroatoms. The van der Waals surface area contributed by atoms with Gasteiger partial charge in [-0.3, -0.25) is 4.79 Å². The molecule has 4 aromatic rings. The Morgan fingerprint density at radius 1 is 1.00 bits per heavy atom. The van der Waals surface area contributed by atoms with Crippen molar-refractivity contribution in [3.8, 4) is 0 Å². The first-order valence-electron chi connectivity index (χ1n) is 10.6. The summed E-state index contributed by atoms with van der Waals surface area (Å²) in [6.07, 6.45) is 1.64. The highest BCUT2D eigenvalue weighted by molar-refractivity contribution is 7.99. The van der Waals surface area contributed by atoms with Gasteiger partial charge in [0.2, 0.25) is 5.91 Å². The number of amides is 1. The van der Waals surface area contributed by atoms with E-state index in [2.05, 4.69) is 70.2 Å². The molecule has 0 spiro atoms. The maximum Gasteiger partial charge on any atom is 0.237 e. The van der Waals surface area contributed by atoms with E-state index in [1.54, 1.807) is 0 Å². The average molecular weight is 429 g/mol. The predicted molar refractivity (Wildman–Crippen MR) is 126 cm³/mol. The van der Waals surface area contributed by atoms with Crippen LogP contribution in [0.3, 0.4) is 0 Å². The molecule has 0 N–H and O–H groups in total. The minimum Gasteiger partial charge on any atom is -0.311 e. The molecular weight excluding hydrogens is 404 g/mol. The zero-order valence-electron chi connectivity index (χ0n) is 17.5. The van der Waals surface area contributed by atoms with Crippen molar-refractivity contribution >= 4 is 34.1 Å². The molecular formula is C25H24N4OS. The summed E-state index contributed by atoms with van der Waals surface area (Å²) in [5.41, 5.74) is 3.53. The first kappa shape index (κ1) is 19.8. The van der Waals surface area contributed by atoms with Crippen LogP contribution in [0.4, 0.5) is 5.69 Å². The van der Waals surface area contributed by atoms with Crippen LogP contribution < -0.4 is 4.90 Å². The van der Waals surface area contributed by atoms with E-state index >= 15 is 0 Å². The molecule has 0 saturated heterocycles. The zero-order chi connectivity index (χ0) is 21.2. The molecule has 5 rings (SSSR count). The van der Waals surface area contributed by atoms with Crippen molar-refractivity contribution in [2.45, 2.75) is 31.5 Å². The highest BCUT2D eigenvalue weighted by Gasteiger charge is 2.24. The number of aromatic nitrogens is 3. The monoisotopic (exact) mass is 428 g/mol. The summed E-state index contributed by atoms with van der Waals surface area (Å²) in [6, 6.07) is 22.9. The Morgan fingerprint density at radius 2 is 1.81 bits per heavy atom. The molecule has 0 saturated carbocycles. The lowest BCUT2D eigenvalue weighted by Crippen LogP contribution is -2.30. The van der Waals surface area contributed by atoms with E-state index < -0.39 is 0 Å². The number of benzene rings is 3. The first-order chi connectivity index (χ1) is 15.2. The number of para-hydroxylation sites is 1. The minimum absolute atomic E-state index is 0.121. The summed E-state index contributed by atoms with van der Waals surface area (Å²) in [5, 5.41) is 12.2. The molecule has 0 radical (unpaired) electrons. The van der Waals surface area contributed by atoms with Crippen molar-refractivity contribution in [1.82, 2.24) is 14.8 Å². The van der Waals surface area contributed by atoms with Gasteiger partial charge < -0.3 is 9.47 Å². The van der Waals surface area contributed by atoms with Crippen LogP contribution in [0.2, 0.25) is 0 Å². The van der Waals surface area contributed by atoms with Crippen molar-refractivity contribution in [3.63, 3.8) is 0 Å². The Hall–Kier alpha value is -3.12. The molecule has 0 bridgehead atoms. The number of hydrogen-bond donors (Lipinski definition) is 0. The van der Waals surface area contributed by atoms with Gasteiger partial charge in [0.25, 0.3) is 0 Å². The molecule has 2 heterocycles. The van der Waals surface area contributed by atoms with Gasteiger partial charge in [-0.15, -0.1) is 10.2 Å². The number of carbonyl (C=O) groups excluding carboxylic acids is 1. The minimum atomic E-state index is 0.121. The van der Waals surface area contributed by atoms with E-state index in [4.69, 9.17) is 0 Å². The third kappa shape index (κ3) is 3.83. The second kappa shape index (κ2) is 8.55. The molecule has 31 heavy (non-hydrogen) atoms. The largest absolute Gasteiger partial charge is 0.311 e. The van der Waals surface area contributed by atoms with Gasteiger partial charge in [-0.1, -0.05) is 72.4 Å². The molecule has 156 valence electrons. The normalized spacial score (nSPS) is 13.0. The van der Waals surface area contributed by atoms with Crippen LogP contribution in [0.5, 0.6) is 0 Å². The standard InChI is InChI=1S/C25H24N4OS/c1-2-28-23(16-20-11-7-10-18-8-3-5-12-21(18)20)26-27-25(28)31-17-24(30)29-15-14-19-9-4-6-13-22(19)29/h3-13H,2,14-17H2,1H3. The molecule has 3 aromatic carbocycles. The SMILES string of the molecule is CCn1c(Cc2cccc3ccccc23)nnc1SCC(=O)N1CCc2ccccc21. The third-order valence-corrected chi connectivity index (χ3v) is 6.80. The van der Waals surface area contributed by atoms with Crippen LogP contribution in [0.25, 0.3) is 10.8 Å². The summed E-state index contributed by atoms with van der Waals surface area (Å²) in [6.45, 7) is 3.63. The summed E-state index contributed by atoms with van der Waals surface area (Å²) in [5.74, 6) is 1.41. The van der Waals surface area contributed by atoms with Crippen molar-refractivity contribution in [1.29, 1.82) is 0 Å². The van der Waals surface area contributed by atoms with Gasteiger partial charge in [-0.25, -0.2) is 0 Å². The van der Waals surface area contributed by atoms with Gasteiger partial charge in [0.15, 0.2) is 5.16 Å². The number of carbonyl (C=O) groups is 1. The van der Waals surface area contributed by atoms with Gasteiger partial charge in [-0.05, 0) is 41.3 Å². The van der Waals surface area contributed by atoms with Crippen LogP contribution in [-0.2, 0) is 24.2 Å². The number of nitrogens with zero attached hydrogens (tertiary/aromatic N) is 4. The van der Waals surface area contributed by atoms with Crippen LogP contribution in [0, 0.1) is 0 Å². The van der Waals surface area contributed by atoms with E-state index in [1.165, 1.54) is 33.7 Å². The average Bonchev–Trinajstić information content (AvgIpc) is 3.41. The summed E-state index contributed by atoms with van der Waals surface area (Å²) in [4.78, 5) is 14.8. The Labute approximate surface area is 186 Å². The Morgan fingerprint density at radius 3 is 2.71 bits per heavy atom. The first-order valence-corrected chi connectivity index (χ1v) is 11.6. The Bertz CT molecular complexity index is 1240. The van der Waals surface area contributed by atoms with Crippen molar-refractivity contribution in [2.75, 3.05) is 17.2 Å². The fraction of sp³-hybridized carbons (Fsp3) is 0.240. The van der Waals surface area contributed by atoms with E-state index in [0.717, 1.165) is 42.6 Å². The molecule has 0 unspecified atom stereocenters. The number of thioether (sulfide) groups is 1. The van der Waals surface area contributed by atoms with Gasteiger partial charge in [0.1, 0.15) is 5.82 Å². The summed E-state index contributed by atoms with van der Waals surface area (Å²) in [7, 11) is 0. The third-order valence-electron chi connectivity index (χ3n) is 5.85. The van der Waals surface area contributed by atoms with Gasteiger partial charge in [0, 0.05) is 25.2 Å². The van der Waals surface area contributed by atoms with Gasteiger partial charge in [-0.2, -0.15) is 0 Å². The fourth-order valence-corrected chi connectivity index (χ4v) is 5.19. The predicted octanol–water partition coefficient (Wildman–Crippen LogP) is 4.72. The fourth-order valence-electron chi connectivity index (χ4n) is 4.29. The van der Waals surface area contributed by atoms with E-state index in [-0.39, 0.29) is 5.91 Å². The molecule has 0 aliphatic carbocycles. The van der Waals surface area contributed by atoms with Crippen LogP contribution in [-0.4, -0.2) is 33.0 Å². The highest BCUT2D eigenvalue weighted by Crippen LogP contribution is 2.29. The maximum atomic E-state index is 12.9. The molecule has 0 fully saturated rings. The topological polar surface area (TPSA) is 51.0 Å². The lowest BCUT2D eigenvalue weighted by molar-refractivity contribution is -0.116. The van der Waals surface area contributed by atoms with Gasteiger partial charge in [0.05, 0.1) is 5.75 Å². The van der Waals surface area contributed by atoms with Crippen LogP contribution in [0.15, 0.2) is 71.9 Å². The van der Waals surface area contributed by atoms with Crippen LogP contribution >= 0.6 is 11.8 Å². The molecule has 1 aromatic heterocycles. The number of fused-ring (bicyclic) bond motifs is 2. The number of anilines is 1. The molecule has 1 amide bonds. The van der Waals surface area contributed by atoms with Crippen molar-refractivity contribution in [2.24, 2.45) is 0 Å². The highest BCUT2D eigenvalue weighted by atomic mass is 32.2. The molecule has 1 aliphatic rings. The van der Waals surface area contributed by atoms with Crippen molar-refractivity contribution < 1.29 is 4.79 Å². The molecule has 5 nitrogen and oxygen atoms in total. The number of rotatable bonds is 6. The molecule has 1 aliphatic heterocycles. The quantitative estimate of drug-likeness (QED) is 0.417. The smallest absolute Gasteiger partial charge is 0.237 e. The second-order valence-corrected chi connectivity index (χ2v) is 8.61. The maximum absolute atomic E-state index is 12.9. The Balaban J connectivity index is 1.32. The number of hydrogen-bond acceptors (Lipinski definition) is 4. The Kier molecular flexibility index (Phi) is 5.47. The van der Waals surface area contributed by atoms with Gasteiger partial charge >= 0.3 is 0 Å². The van der Waals surface area contributed by atoms with E-state index in [0.29, 0.717) is 5.75 Å². The van der Waals surface area contributed by atoms with Crippen LogP contribution in [0.1, 0.15) is 23.9 Å². The second-order valence-electron chi connectivity index (χ2n) is 7.67. The van der Waals surface area contributed by atoms with E-state index in [1.807, 2.05) is 23.1 Å². The van der Waals surface area contributed by atoms with Crippen molar-refractivity contribution in [3.05, 3.63) is 83.7 Å². The molecule has 0 atom stereocenters. The van der Waals surface area contributed by atoms with E-state index in [9.17, 15) is 4.79 Å².